The van der Waals surface area contributed by atoms with Crippen molar-refractivity contribution in [3.05, 3.63) is 95.8 Å². The van der Waals surface area contributed by atoms with Crippen molar-refractivity contribution in [2.24, 2.45) is 0 Å². The van der Waals surface area contributed by atoms with Gasteiger partial charge in [0.25, 0.3) is 5.91 Å². The van der Waals surface area contributed by atoms with Crippen LogP contribution < -0.4 is 26.0 Å². The summed E-state index contributed by atoms with van der Waals surface area (Å²) in [5.41, 5.74) is 2.14. The molecule has 0 aliphatic rings. The fraction of sp³-hybridized carbons (Fsp3) is 0.267. The van der Waals surface area contributed by atoms with E-state index in [-0.39, 0.29) is 11.7 Å². The van der Waals surface area contributed by atoms with Crippen LogP contribution in [-0.2, 0) is 16.0 Å². The minimum atomic E-state index is -0.311. The summed E-state index contributed by atoms with van der Waals surface area (Å²) in [5, 5.41) is 12.2. The Morgan fingerprint density at radius 1 is 0.762 bits per heavy atom. The van der Waals surface area contributed by atoms with Crippen LogP contribution in [0, 0.1) is 5.82 Å². The Labute approximate surface area is 243 Å². The van der Waals surface area contributed by atoms with Crippen LogP contribution in [0.5, 0.6) is 5.75 Å². The minimum Gasteiger partial charge on any atom is -0.497 e. The molecule has 0 fully saturated rings. The van der Waals surface area contributed by atoms with Crippen molar-refractivity contribution in [1.29, 1.82) is 0 Å². The number of hydrogen-bond donors (Lipinski definition) is 4. The molecule has 12 heteroatoms. The second-order valence-corrected chi connectivity index (χ2v) is 8.92. The summed E-state index contributed by atoms with van der Waals surface area (Å²) < 4.78 is 29.9. The van der Waals surface area contributed by atoms with Crippen LogP contribution in [0.3, 0.4) is 0 Å². The van der Waals surface area contributed by atoms with Gasteiger partial charge >= 0.3 is 0 Å². The first kappa shape index (κ1) is 30.2. The third-order valence-corrected chi connectivity index (χ3v) is 5.79. The zero-order valence-electron chi connectivity index (χ0n) is 23.3. The molecule has 4 N–H and O–H groups in total. The molecule has 0 radical (unpaired) electrons. The summed E-state index contributed by atoms with van der Waals surface area (Å²) in [6.07, 6.45) is 0. The van der Waals surface area contributed by atoms with Crippen molar-refractivity contribution in [1.82, 2.24) is 20.3 Å². The zero-order chi connectivity index (χ0) is 29.4. The summed E-state index contributed by atoms with van der Waals surface area (Å²) in [6.45, 7) is 2.78. The summed E-state index contributed by atoms with van der Waals surface area (Å²) in [7, 11) is 1.61. The van der Waals surface area contributed by atoms with Gasteiger partial charge in [-0.15, -0.1) is 0 Å². The number of methoxy groups -OCH3 is 1. The fourth-order valence-corrected chi connectivity index (χ4v) is 3.71. The van der Waals surface area contributed by atoms with Gasteiger partial charge in [0.05, 0.1) is 33.5 Å². The third-order valence-electron chi connectivity index (χ3n) is 5.79. The summed E-state index contributed by atoms with van der Waals surface area (Å²) in [6, 6.07) is 22.7. The molecule has 0 saturated heterocycles. The van der Waals surface area contributed by atoms with E-state index in [0.29, 0.717) is 69.5 Å². The second-order valence-electron chi connectivity index (χ2n) is 8.92. The SMILES string of the molecule is COc1ccc(Nc2nc(NCCOCCOCCNC(=O)c3ccccc3)nc(NCc3cccc(F)c3)n2)cc1. The largest absolute Gasteiger partial charge is 0.497 e. The lowest BCUT2D eigenvalue weighted by atomic mass is 10.2. The van der Waals surface area contributed by atoms with Crippen LogP contribution in [-0.4, -0.2) is 67.5 Å². The summed E-state index contributed by atoms with van der Waals surface area (Å²) in [5.74, 6) is 1.28. The first-order valence-electron chi connectivity index (χ1n) is 13.5. The Balaban J connectivity index is 1.21. The molecule has 4 rings (SSSR count). The Kier molecular flexibility index (Phi) is 11.8. The van der Waals surface area contributed by atoms with Crippen LogP contribution in [0.1, 0.15) is 15.9 Å². The average molecular weight is 576 g/mol. The highest BCUT2D eigenvalue weighted by atomic mass is 19.1. The van der Waals surface area contributed by atoms with Gasteiger partial charge in [-0.2, -0.15) is 15.0 Å². The average Bonchev–Trinajstić information content (AvgIpc) is 3.01. The molecule has 0 aliphatic heterocycles. The van der Waals surface area contributed by atoms with Crippen LogP contribution in [0.4, 0.5) is 27.9 Å². The monoisotopic (exact) mass is 575 g/mol. The maximum Gasteiger partial charge on any atom is 0.251 e. The van der Waals surface area contributed by atoms with Crippen molar-refractivity contribution >= 4 is 29.4 Å². The molecule has 3 aromatic carbocycles. The molecule has 1 heterocycles. The van der Waals surface area contributed by atoms with Gasteiger partial charge in [-0.05, 0) is 54.1 Å². The molecule has 0 unspecified atom stereocenters. The van der Waals surface area contributed by atoms with Gasteiger partial charge in [-0.3, -0.25) is 4.79 Å². The molecule has 0 spiro atoms. The molecule has 11 nitrogen and oxygen atoms in total. The van der Waals surface area contributed by atoms with E-state index in [1.165, 1.54) is 12.1 Å². The van der Waals surface area contributed by atoms with Gasteiger partial charge in [0, 0.05) is 30.9 Å². The number of nitrogens with one attached hydrogen (secondary N) is 4. The second kappa shape index (κ2) is 16.5. The number of nitrogens with zero attached hydrogens (tertiary/aromatic N) is 3. The Hall–Kier alpha value is -4.81. The molecular formula is C30H34FN7O4. The number of anilines is 4. The highest BCUT2D eigenvalue weighted by Crippen LogP contribution is 2.19. The highest BCUT2D eigenvalue weighted by Gasteiger charge is 2.08. The number of hydrogen-bond acceptors (Lipinski definition) is 10. The quantitative estimate of drug-likeness (QED) is 0.136. The van der Waals surface area contributed by atoms with E-state index >= 15 is 0 Å². The van der Waals surface area contributed by atoms with Crippen LogP contribution in [0.15, 0.2) is 78.9 Å². The van der Waals surface area contributed by atoms with Crippen molar-refractivity contribution < 1.29 is 23.4 Å². The first-order chi connectivity index (χ1) is 20.6. The summed E-state index contributed by atoms with van der Waals surface area (Å²) in [4.78, 5) is 25.3. The standard InChI is InChI=1S/C30H34FN7O4/c1-40-26-12-10-25(11-13-26)35-30-37-28(36-29(38-30)34-21-22-6-5-9-24(31)20-22)33-15-17-42-19-18-41-16-14-32-27(39)23-7-3-2-4-8-23/h2-13,20H,14-19,21H2,1H3,(H,32,39)(H3,33,34,35,36,37,38). The van der Waals surface area contributed by atoms with Gasteiger partial charge in [0.2, 0.25) is 17.8 Å². The third kappa shape index (κ3) is 10.3. The van der Waals surface area contributed by atoms with Crippen molar-refractivity contribution in [2.75, 3.05) is 62.6 Å². The Morgan fingerprint density at radius 2 is 1.45 bits per heavy atom. The van der Waals surface area contributed by atoms with E-state index in [9.17, 15) is 9.18 Å². The van der Waals surface area contributed by atoms with E-state index in [2.05, 4.69) is 36.2 Å². The van der Waals surface area contributed by atoms with E-state index in [1.54, 1.807) is 25.3 Å². The Bertz CT molecular complexity index is 1390. The van der Waals surface area contributed by atoms with Gasteiger partial charge in [-0.1, -0.05) is 30.3 Å². The van der Waals surface area contributed by atoms with E-state index < -0.39 is 0 Å². The molecule has 42 heavy (non-hydrogen) atoms. The molecule has 0 aliphatic carbocycles. The van der Waals surface area contributed by atoms with Crippen LogP contribution in [0.2, 0.25) is 0 Å². The number of ether oxygens (including phenoxy) is 3. The smallest absolute Gasteiger partial charge is 0.251 e. The van der Waals surface area contributed by atoms with Crippen molar-refractivity contribution in [3.63, 3.8) is 0 Å². The number of rotatable bonds is 17. The number of carbonyl (C=O) groups is 1. The van der Waals surface area contributed by atoms with Gasteiger partial charge in [0.15, 0.2) is 0 Å². The van der Waals surface area contributed by atoms with Gasteiger partial charge in [-0.25, -0.2) is 4.39 Å². The first-order valence-corrected chi connectivity index (χ1v) is 13.5. The predicted octanol–water partition coefficient (Wildman–Crippen LogP) is 4.25. The topological polar surface area (TPSA) is 132 Å². The number of aromatic nitrogens is 3. The number of benzene rings is 3. The lowest BCUT2D eigenvalue weighted by molar-refractivity contribution is 0.0519. The summed E-state index contributed by atoms with van der Waals surface area (Å²) >= 11 is 0. The van der Waals surface area contributed by atoms with Crippen LogP contribution in [0.25, 0.3) is 0 Å². The number of halogens is 1. The van der Waals surface area contributed by atoms with E-state index in [0.717, 1.165) is 17.0 Å². The minimum absolute atomic E-state index is 0.130. The lowest BCUT2D eigenvalue weighted by Crippen LogP contribution is -2.27. The van der Waals surface area contributed by atoms with Crippen LogP contribution >= 0.6 is 0 Å². The Morgan fingerprint density at radius 3 is 2.17 bits per heavy atom. The molecule has 1 amide bonds. The lowest BCUT2D eigenvalue weighted by Gasteiger charge is -2.12. The maximum absolute atomic E-state index is 13.6. The van der Waals surface area contributed by atoms with Gasteiger partial charge < -0.3 is 35.5 Å². The molecule has 220 valence electrons. The van der Waals surface area contributed by atoms with Crippen molar-refractivity contribution in [2.45, 2.75) is 6.54 Å². The maximum atomic E-state index is 13.6. The molecular weight excluding hydrogens is 541 g/mol. The fourth-order valence-electron chi connectivity index (χ4n) is 3.71. The number of carbonyl (C=O) groups excluding carboxylic acids is 1. The predicted molar refractivity (Wildman–Crippen MR) is 159 cm³/mol. The van der Waals surface area contributed by atoms with E-state index in [1.807, 2.05) is 48.5 Å². The highest BCUT2D eigenvalue weighted by molar-refractivity contribution is 5.94. The normalized spacial score (nSPS) is 10.6. The molecule has 0 saturated carbocycles. The molecule has 4 aromatic rings. The number of amides is 1. The molecule has 1 aromatic heterocycles. The van der Waals surface area contributed by atoms with Gasteiger partial charge in [0.1, 0.15) is 11.6 Å². The zero-order valence-corrected chi connectivity index (χ0v) is 23.3. The molecule has 0 bridgehead atoms. The molecule has 0 atom stereocenters. The van der Waals surface area contributed by atoms with E-state index in [4.69, 9.17) is 14.2 Å². The van der Waals surface area contributed by atoms with Crippen molar-refractivity contribution in [3.8, 4) is 5.75 Å².